The Morgan fingerprint density at radius 1 is 1.03 bits per heavy atom. The molecule has 0 saturated carbocycles. The number of benzene rings is 2. The minimum Gasteiger partial charge on any atom is -0.345 e. The summed E-state index contributed by atoms with van der Waals surface area (Å²) < 4.78 is 0. The van der Waals surface area contributed by atoms with Crippen molar-refractivity contribution < 1.29 is 9.59 Å². The predicted molar refractivity (Wildman–Crippen MR) is 138 cm³/mol. The third-order valence-electron chi connectivity index (χ3n) is 7.09. The average Bonchev–Trinajstić information content (AvgIpc) is 3.53. The fraction of sp³-hybridized carbons (Fsp3) is 0.321. The van der Waals surface area contributed by atoms with Crippen molar-refractivity contribution in [1.82, 2.24) is 30.2 Å². The van der Waals surface area contributed by atoms with E-state index in [0.29, 0.717) is 49.5 Å². The second-order valence-corrected chi connectivity index (χ2v) is 9.66. The number of nitrogens with one attached hydrogen (secondary N) is 1. The number of nitrogens with zero attached hydrogens (tertiary/aromatic N) is 5. The van der Waals surface area contributed by atoms with Crippen molar-refractivity contribution in [2.75, 3.05) is 26.7 Å². The first-order chi connectivity index (χ1) is 17.5. The molecule has 1 aliphatic heterocycles. The molecule has 8 nitrogen and oxygen atoms in total. The maximum absolute atomic E-state index is 13.1. The van der Waals surface area contributed by atoms with E-state index in [4.69, 9.17) is 0 Å². The lowest BCUT2D eigenvalue weighted by Gasteiger charge is -2.23. The summed E-state index contributed by atoms with van der Waals surface area (Å²) in [6.07, 6.45) is 2.94. The minimum absolute atomic E-state index is 0.00243. The van der Waals surface area contributed by atoms with Crippen LogP contribution in [0.1, 0.15) is 29.3 Å². The molecule has 2 atom stereocenters. The normalized spacial score (nSPS) is 17.4. The number of amides is 2. The lowest BCUT2D eigenvalue weighted by molar-refractivity contribution is -0.130. The van der Waals surface area contributed by atoms with Crippen LogP contribution in [0.25, 0.3) is 22.3 Å². The number of carbonyl (C=O) groups excluding carboxylic acids is 2. The zero-order chi connectivity index (χ0) is 25.1. The second kappa shape index (κ2) is 10.3. The van der Waals surface area contributed by atoms with Gasteiger partial charge in [-0.05, 0) is 54.2 Å². The third kappa shape index (κ3) is 5.12. The highest BCUT2D eigenvalue weighted by atomic mass is 16.2. The van der Waals surface area contributed by atoms with Crippen LogP contribution >= 0.6 is 0 Å². The van der Waals surface area contributed by atoms with Crippen molar-refractivity contribution in [3.8, 4) is 11.3 Å². The van der Waals surface area contributed by atoms with Gasteiger partial charge in [0.05, 0.1) is 5.69 Å². The number of carbonyl (C=O) groups is 2. The molecule has 4 aromatic rings. The number of aromatic nitrogens is 4. The first-order valence-corrected chi connectivity index (χ1v) is 12.3. The van der Waals surface area contributed by atoms with Gasteiger partial charge in [-0.15, -0.1) is 0 Å². The molecule has 0 radical (unpaired) electrons. The molecule has 2 aromatic heterocycles. The predicted octanol–water partition coefficient (Wildman–Crippen LogP) is 3.82. The summed E-state index contributed by atoms with van der Waals surface area (Å²) in [5, 5.41) is 10.7. The van der Waals surface area contributed by atoms with Crippen LogP contribution in [-0.4, -0.2) is 68.7 Å². The molecular formula is C28H30N6O2. The third-order valence-corrected chi connectivity index (χ3v) is 7.09. The van der Waals surface area contributed by atoms with E-state index in [0.717, 1.165) is 22.3 Å². The molecule has 1 N–H and O–H groups in total. The molecule has 0 unspecified atom stereocenters. The van der Waals surface area contributed by atoms with Crippen LogP contribution in [0.5, 0.6) is 0 Å². The summed E-state index contributed by atoms with van der Waals surface area (Å²) in [7, 11) is 1.86. The Labute approximate surface area is 210 Å². The van der Waals surface area contributed by atoms with Crippen LogP contribution in [0.15, 0.2) is 66.9 Å². The van der Waals surface area contributed by atoms with Crippen molar-refractivity contribution in [2.24, 2.45) is 11.8 Å². The quantitative estimate of drug-likeness (QED) is 0.432. The van der Waals surface area contributed by atoms with Gasteiger partial charge in [0, 0.05) is 50.4 Å². The summed E-state index contributed by atoms with van der Waals surface area (Å²) >= 11 is 0. The van der Waals surface area contributed by atoms with Crippen LogP contribution in [-0.2, 0) is 11.2 Å². The van der Waals surface area contributed by atoms with Crippen LogP contribution in [0.2, 0.25) is 0 Å². The summed E-state index contributed by atoms with van der Waals surface area (Å²) in [6, 6.07) is 19.5. The van der Waals surface area contributed by atoms with Gasteiger partial charge < -0.3 is 9.80 Å². The van der Waals surface area contributed by atoms with E-state index >= 15 is 0 Å². The second-order valence-electron chi connectivity index (χ2n) is 9.66. The molecule has 3 heterocycles. The van der Waals surface area contributed by atoms with E-state index in [2.05, 4.69) is 51.6 Å². The number of hydrogen-bond donors (Lipinski definition) is 1. The molecule has 36 heavy (non-hydrogen) atoms. The largest absolute Gasteiger partial charge is 0.345 e. The molecular weight excluding hydrogens is 452 g/mol. The Balaban J connectivity index is 1.13. The van der Waals surface area contributed by atoms with E-state index in [1.807, 2.05) is 41.1 Å². The first kappa shape index (κ1) is 23.7. The summed E-state index contributed by atoms with van der Waals surface area (Å²) in [5.74, 6) is 0.685. The van der Waals surface area contributed by atoms with E-state index in [1.165, 1.54) is 0 Å². The topological polar surface area (TPSA) is 95.1 Å². The van der Waals surface area contributed by atoms with Gasteiger partial charge in [-0.1, -0.05) is 37.3 Å². The molecule has 0 aliphatic carbocycles. The number of hydrogen-bond acceptors (Lipinski definition) is 5. The van der Waals surface area contributed by atoms with Crippen molar-refractivity contribution in [3.63, 3.8) is 0 Å². The van der Waals surface area contributed by atoms with Crippen molar-refractivity contribution in [1.29, 1.82) is 0 Å². The SMILES string of the molecule is C[C@@H]1CN(C(=O)c2ccc3n[nH]nc3c2)C[C@H]1CN(C)C(=O)CCc1ccc(-c2ccccn2)cc1. The van der Waals surface area contributed by atoms with Gasteiger partial charge in [-0.3, -0.25) is 14.6 Å². The smallest absolute Gasteiger partial charge is 0.253 e. The Hall–Kier alpha value is -4.07. The van der Waals surface area contributed by atoms with Crippen LogP contribution in [0.3, 0.4) is 0 Å². The number of rotatable bonds is 7. The fourth-order valence-corrected chi connectivity index (χ4v) is 4.87. The maximum atomic E-state index is 13.1. The lowest BCUT2D eigenvalue weighted by Crippen LogP contribution is -2.35. The van der Waals surface area contributed by atoms with Crippen LogP contribution in [0, 0.1) is 11.8 Å². The highest BCUT2D eigenvalue weighted by Crippen LogP contribution is 2.26. The standard InChI is InChI=1S/C28H30N6O2/c1-19-16-34(28(36)22-11-12-25-26(15-22)31-32-30-25)18-23(19)17-33(2)27(35)13-8-20-6-9-21(10-7-20)24-5-3-4-14-29-24/h3-7,9-12,14-15,19,23H,8,13,16-18H2,1-2H3,(H,30,31,32)/t19-,23-/m1/s1. The average molecular weight is 483 g/mol. The molecule has 8 heteroatoms. The number of fused-ring (bicyclic) bond motifs is 1. The Morgan fingerprint density at radius 3 is 2.61 bits per heavy atom. The minimum atomic E-state index is -0.00243. The number of pyridine rings is 1. The van der Waals surface area contributed by atoms with Gasteiger partial charge >= 0.3 is 0 Å². The Bertz CT molecular complexity index is 1350. The summed E-state index contributed by atoms with van der Waals surface area (Å²) in [4.78, 5) is 34.0. The van der Waals surface area contributed by atoms with Crippen molar-refractivity contribution >= 4 is 22.8 Å². The molecule has 1 fully saturated rings. The van der Waals surface area contributed by atoms with Crippen molar-refractivity contribution in [3.05, 3.63) is 78.0 Å². The zero-order valence-electron chi connectivity index (χ0n) is 20.6. The zero-order valence-corrected chi connectivity index (χ0v) is 20.6. The van der Waals surface area contributed by atoms with Crippen LogP contribution in [0.4, 0.5) is 0 Å². The van der Waals surface area contributed by atoms with E-state index < -0.39 is 0 Å². The monoisotopic (exact) mass is 482 g/mol. The highest BCUT2D eigenvalue weighted by Gasteiger charge is 2.34. The van der Waals surface area contributed by atoms with Crippen LogP contribution < -0.4 is 0 Å². The van der Waals surface area contributed by atoms with E-state index in [9.17, 15) is 9.59 Å². The van der Waals surface area contributed by atoms with Gasteiger partial charge in [-0.2, -0.15) is 15.4 Å². The number of aryl methyl sites for hydroxylation is 1. The van der Waals surface area contributed by atoms with Gasteiger partial charge in [0.1, 0.15) is 11.0 Å². The number of likely N-dealkylation sites (tertiary alicyclic amines) is 1. The summed E-state index contributed by atoms with van der Waals surface area (Å²) in [6.45, 7) is 4.12. The van der Waals surface area contributed by atoms with Crippen molar-refractivity contribution in [2.45, 2.75) is 19.8 Å². The highest BCUT2D eigenvalue weighted by molar-refractivity contribution is 5.97. The molecule has 1 saturated heterocycles. The molecule has 5 rings (SSSR count). The molecule has 0 bridgehead atoms. The van der Waals surface area contributed by atoms with Gasteiger partial charge in [0.15, 0.2) is 0 Å². The summed E-state index contributed by atoms with van der Waals surface area (Å²) in [5.41, 5.74) is 5.17. The maximum Gasteiger partial charge on any atom is 0.253 e. The first-order valence-electron chi connectivity index (χ1n) is 12.3. The molecule has 2 aromatic carbocycles. The lowest BCUT2D eigenvalue weighted by atomic mass is 9.97. The van der Waals surface area contributed by atoms with E-state index in [-0.39, 0.29) is 17.7 Å². The molecule has 184 valence electrons. The molecule has 1 aliphatic rings. The molecule has 0 spiro atoms. The Kier molecular flexibility index (Phi) is 6.75. The van der Waals surface area contributed by atoms with E-state index in [1.54, 1.807) is 18.3 Å². The number of aromatic amines is 1. The number of H-pyrrole nitrogens is 1. The fourth-order valence-electron chi connectivity index (χ4n) is 4.87. The van der Waals surface area contributed by atoms with Gasteiger partial charge in [0.2, 0.25) is 5.91 Å². The Morgan fingerprint density at radius 2 is 1.83 bits per heavy atom. The van der Waals surface area contributed by atoms with Gasteiger partial charge in [0.25, 0.3) is 5.91 Å². The van der Waals surface area contributed by atoms with Gasteiger partial charge in [-0.25, -0.2) is 0 Å². The molecule has 2 amide bonds.